The Kier molecular flexibility index (Phi) is 3.42. The second-order valence-electron chi connectivity index (χ2n) is 4.71. The fourth-order valence-electron chi connectivity index (χ4n) is 2.11. The normalized spacial score (nSPS) is 34.3. The van der Waals surface area contributed by atoms with Gasteiger partial charge in [-0.2, -0.15) is 0 Å². The fourth-order valence-corrected chi connectivity index (χ4v) is 2.11. The zero-order valence-corrected chi connectivity index (χ0v) is 9.70. The van der Waals surface area contributed by atoms with E-state index in [-0.39, 0.29) is 0 Å². The highest BCUT2D eigenvalue weighted by atomic mass is 16.5. The Morgan fingerprint density at radius 3 is 2.80 bits per heavy atom. The molecule has 15 heavy (non-hydrogen) atoms. The first-order chi connectivity index (χ1) is 7.24. The van der Waals surface area contributed by atoms with Crippen LogP contribution >= 0.6 is 0 Å². The molecule has 2 aliphatic rings. The first-order valence-corrected chi connectivity index (χ1v) is 5.91. The van der Waals surface area contributed by atoms with Gasteiger partial charge in [0.2, 0.25) is 0 Å². The van der Waals surface area contributed by atoms with E-state index in [0.717, 1.165) is 13.0 Å². The van der Waals surface area contributed by atoms with E-state index in [1.165, 1.54) is 24.0 Å². The number of rotatable bonds is 1. The first-order valence-electron chi connectivity index (χ1n) is 5.91. The Balaban J connectivity index is 1.91. The van der Waals surface area contributed by atoms with E-state index in [1.807, 2.05) is 0 Å². The summed E-state index contributed by atoms with van der Waals surface area (Å²) in [6, 6.07) is 0. The predicted molar refractivity (Wildman–Crippen MR) is 63.7 cm³/mol. The van der Waals surface area contributed by atoms with Gasteiger partial charge in [0, 0.05) is 5.92 Å². The maximum absolute atomic E-state index is 5.67. The summed E-state index contributed by atoms with van der Waals surface area (Å²) in [5.74, 6) is 0.632. The molecule has 1 nitrogen and oxygen atoms in total. The molecule has 1 saturated heterocycles. The van der Waals surface area contributed by atoms with Crippen LogP contribution < -0.4 is 0 Å². The van der Waals surface area contributed by atoms with Crippen LogP contribution in [-0.2, 0) is 4.74 Å². The highest BCUT2D eigenvalue weighted by molar-refractivity contribution is 5.34. The molecule has 2 rings (SSSR count). The van der Waals surface area contributed by atoms with Crippen molar-refractivity contribution in [2.24, 2.45) is 5.92 Å². The summed E-state index contributed by atoms with van der Waals surface area (Å²) in [5, 5.41) is 0. The van der Waals surface area contributed by atoms with Crippen LogP contribution in [0.25, 0.3) is 0 Å². The van der Waals surface area contributed by atoms with Gasteiger partial charge in [-0.15, -0.1) is 0 Å². The predicted octanol–water partition coefficient (Wildman–Crippen LogP) is 3.63. The molecule has 0 bridgehead atoms. The molecule has 1 fully saturated rings. The van der Waals surface area contributed by atoms with Gasteiger partial charge in [0.1, 0.15) is 0 Å². The summed E-state index contributed by atoms with van der Waals surface area (Å²) < 4.78 is 5.67. The van der Waals surface area contributed by atoms with Crippen molar-refractivity contribution in [3.8, 4) is 0 Å². The second kappa shape index (κ2) is 4.80. The van der Waals surface area contributed by atoms with Crippen LogP contribution in [0, 0.1) is 5.92 Å². The van der Waals surface area contributed by atoms with Crippen LogP contribution in [0.15, 0.2) is 35.5 Å². The van der Waals surface area contributed by atoms with Crippen LogP contribution in [-0.4, -0.2) is 12.7 Å². The number of hydrogen-bond donors (Lipinski definition) is 0. The molecule has 0 aromatic carbocycles. The molecule has 1 aliphatic heterocycles. The SMILES string of the molecule is CC1=CC/C(=C/C2CCC(C)OC2)C=C1. The lowest BCUT2D eigenvalue weighted by Crippen LogP contribution is -2.22. The minimum absolute atomic E-state index is 0.462. The van der Waals surface area contributed by atoms with Gasteiger partial charge in [-0.25, -0.2) is 0 Å². The third kappa shape index (κ3) is 3.07. The highest BCUT2D eigenvalue weighted by Crippen LogP contribution is 2.23. The zero-order chi connectivity index (χ0) is 10.7. The molecule has 0 aromatic rings. The maximum atomic E-state index is 5.67. The molecule has 0 amide bonds. The van der Waals surface area contributed by atoms with Gasteiger partial charge in [0.25, 0.3) is 0 Å². The molecule has 0 spiro atoms. The van der Waals surface area contributed by atoms with Crippen molar-refractivity contribution in [1.82, 2.24) is 0 Å². The summed E-state index contributed by atoms with van der Waals surface area (Å²) in [5.41, 5.74) is 2.82. The van der Waals surface area contributed by atoms with E-state index in [0.29, 0.717) is 12.0 Å². The van der Waals surface area contributed by atoms with Gasteiger partial charge in [0.05, 0.1) is 12.7 Å². The lowest BCUT2D eigenvalue weighted by molar-refractivity contribution is 0.00750. The summed E-state index contributed by atoms with van der Waals surface area (Å²) >= 11 is 0. The molecule has 2 unspecified atom stereocenters. The molecular formula is C14H20O. The van der Waals surface area contributed by atoms with Crippen LogP contribution in [0.5, 0.6) is 0 Å². The molecule has 0 aromatic heterocycles. The lowest BCUT2D eigenvalue weighted by Gasteiger charge is -2.25. The molecule has 0 saturated carbocycles. The third-order valence-corrected chi connectivity index (χ3v) is 3.21. The first kappa shape index (κ1) is 10.7. The number of hydrogen-bond acceptors (Lipinski definition) is 1. The summed E-state index contributed by atoms with van der Waals surface area (Å²) in [6.45, 7) is 5.22. The molecule has 0 N–H and O–H groups in total. The quantitative estimate of drug-likeness (QED) is 0.633. The minimum atomic E-state index is 0.462. The largest absolute Gasteiger partial charge is 0.378 e. The van der Waals surface area contributed by atoms with Crippen LogP contribution in [0.4, 0.5) is 0 Å². The van der Waals surface area contributed by atoms with Crippen molar-refractivity contribution < 1.29 is 4.74 Å². The van der Waals surface area contributed by atoms with Gasteiger partial charge in [0.15, 0.2) is 0 Å². The average molecular weight is 204 g/mol. The topological polar surface area (TPSA) is 9.23 Å². The Bertz CT molecular complexity index is 301. The lowest BCUT2D eigenvalue weighted by atomic mass is 9.93. The van der Waals surface area contributed by atoms with Crippen molar-refractivity contribution in [2.75, 3.05) is 6.61 Å². The Morgan fingerprint density at radius 2 is 2.20 bits per heavy atom. The van der Waals surface area contributed by atoms with Gasteiger partial charge in [-0.1, -0.05) is 29.9 Å². The second-order valence-corrected chi connectivity index (χ2v) is 4.71. The van der Waals surface area contributed by atoms with Gasteiger partial charge in [-0.3, -0.25) is 0 Å². The van der Waals surface area contributed by atoms with Crippen LogP contribution in [0.1, 0.15) is 33.1 Å². The van der Waals surface area contributed by atoms with Gasteiger partial charge >= 0.3 is 0 Å². The molecule has 1 aliphatic carbocycles. The highest BCUT2D eigenvalue weighted by Gasteiger charge is 2.16. The fraction of sp³-hybridized carbons (Fsp3) is 0.571. The third-order valence-electron chi connectivity index (χ3n) is 3.21. The van der Waals surface area contributed by atoms with Gasteiger partial charge in [-0.05, 0) is 38.7 Å². The summed E-state index contributed by atoms with van der Waals surface area (Å²) in [4.78, 5) is 0. The maximum Gasteiger partial charge on any atom is 0.0547 e. The standard InChI is InChI=1S/C14H20O/c1-11-3-6-13(7-4-11)9-14-8-5-12(2)15-10-14/h3-4,6,9,12,14H,5,7-8,10H2,1-2H3/b13-9+. The summed E-state index contributed by atoms with van der Waals surface area (Å²) in [7, 11) is 0. The number of ether oxygens (including phenoxy) is 1. The van der Waals surface area contributed by atoms with Crippen molar-refractivity contribution >= 4 is 0 Å². The minimum Gasteiger partial charge on any atom is -0.378 e. The average Bonchev–Trinajstić information content (AvgIpc) is 2.25. The Labute approximate surface area is 92.5 Å². The van der Waals surface area contributed by atoms with Crippen molar-refractivity contribution in [2.45, 2.75) is 39.2 Å². The molecule has 1 heteroatoms. The Morgan fingerprint density at radius 1 is 1.33 bits per heavy atom. The molecule has 82 valence electrons. The monoisotopic (exact) mass is 204 g/mol. The van der Waals surface area contributed by atoms with E-state index in [9.17, 15) is 0 Å². The Hall–Kier alpha value is -0.820. The molecule has 0 radical (unpaired) electrons. The molecule has 2 atom stereocenters. The van der Waals surface area contributed by atoms with E-state index in [1.54, 1.807) is 0 Å². The van der Waals surface area contributed by atoms with E-state index < -0.39 is 0 Å². The van der Waals surface area contributed by atoms with Crippen molar-refractivity contribution in [3.63, 3.8) is 0 Å². The smallest absolute Gasteiger partial charge is 0.0547 e. The van der Waals surface area contributed by atoms with Crippen molar-refractivity contribution in [1.29, 1.82) is 0 Å². The molecule has 1 heterocycles. The molecular weight excluding hydrogens is 184 g/mol. The van der Waals surface area contributed by atoms with E-state index in [4.69, 9.17) is 4.74 Å². The van der Waals surface area contributed by atoms with Crippen LogP contribution in [0.3, 0.4) is 0 Å². The summed E-state index contributed by atoms with van der Waals surface area (Å²) in [6.07, 6.45) is 13.2. The van der Waals surface area contributed by atoms with E-state index >= 15 is 0 Å². The van der Waals surface area contributed by atoms with Crippen molar-refractivity contribution in [3.05, 3.63) is 35.5 Å². The zero-order valence-electron chi connectivity index (χ0n) is 9.70. The number of allylic oxidation sites excluding steroid dienone is 5. The van der Waals surface area contributed by atoms with E-state index in [2.05, 4.69) is 38.2 Å². The van der Waals surface area contributed by atoms with Crippen LogP contribution in [0.2, 0.25) is 0 Å². The van der Waals surface area contributed by atoms with Gasteiger partial charge < -0.3 is 4.74 Å².